The fourth-order valence-electron chi connectivity index (χ4n) is 1.58. The van der Waals surface area contributed by atoms with Gasteiger partial charge in [0.05, 0.1) is 15.5 Å². The molecule has 0 aliphatic heterocycles. The van der Waals surface area contributed by atoms with Crippen molar-refractivity contribution in [3.8, 4) is 0 Å². The molecule has 5 nitrogen and oxygen atoms in total. The molecule has 0 radical (unpaired) electrons. The summed E-state index contributed by atoms with van der Waals surface area (Å²) in [7, 11) is -3.94. The van der Waals surface area contributed by atoms with Crippen molar-refractivity contribution >= 4 is 33.3 Å². The number of hydrogen-bond donors (Lipinski definition) is 2. The Kier molecular flexibility index (Phi) is 4.15. The molecule has 21 heavy (non-hydrogen) atoms. The highest BCUT2D eigenvalue weighted by Crippen LogP contribution is 2.23. The second-order valence-electron chi connectivity index (χ2n) is 4.06. The van der Waals surface area contributed by atoms with Gasteiger partial charge in [0.1, 0.15) is 5.82 Å². The fraction of sp³-hybridized carbons (Fsp3) is 0. The van der Waals surface area contributed by atoms with Gasteiger partial charge in [-0.3, -0.25) is 4.72 Å². The number of anilines is 1. The number of carboxylic acid groups (broad SMARTS) is 1. The lowest BCUT2D eigenvalue weighted by molar-refractivity contribution is 0.0697. The molecule has 0 heterocycles. The van der Waals surface area contributed by atoms with Crippen LogP contribution in [0.25, 0.3) is 0 Å². The molecule has 0 spiro atoms. The number of sulfonamides is 1. The third kappa shape index (κ3) is 3.50. The second kappa shape index (κ2) is 5.71. The predicted molar refractivity (Wildman–Crippen MR) is 75.6 cm³/mol. The van der Waals surface area contributed by atoms with Gasteiger partial charge in [0, 0.05) is 5.69 Å². The van der Waals surface area contributed by atoms with E-state index in [4.69, 9.17) is 16.7 Å². The molecule has 2 aromatic carbocycles. The van der Waals surface area contributed by atoms with Crippen LogP contribution in [0.2, 0.25) is 5.02 Å². The van der Waals surface area contributed by atoms with Crippen LogP contribution < -0.4 is 4.72 Å². The fourth-order valence-corrected chi connectivity index (χ4v) is 2.83. The lowest BCUT2D eigenvalue weighted by atomic mass is 10.2. The highest BCUT2D eigenvalue weighted by Gasteiger charge is 2.16. The molecule has 2 aromatic rings. The molecule has 0 amide bonds. The van der Waals surface area contributed by atoms with E-state index in [0.717, 1.165) is 30.3 Å². The van der Waals surface area contributed by atoms with Crippen LogP contribution in [0.4, 0.5) is 10.1 Å². The quantitative estimate of drug-likeness (QED) is 0.903. The lowest BCUT2D eigenvalue weighted by Gasteiger charge is -2.09. The van der Waals surface area contributed by atoms with Gasteiger partial charge in [0.15, 0.2) is 0 Å². The molecule has 0 aliphatic rings. The third-order valence-electron chi connectivity index (χ3n) is 2.57. The van der Waals surface area contributed by atoms with E-state index in [1.807, 2.05) is 0 Å². The average Bonchev–Trinajstić information content (AvgIpc) is 2.41. The Balaban J connectivity index is 2.35. The van der Waals surface area contributed by atoms with Crippen molar-refractivity contribution < 1.29 is 22.7 Å². The number of carboxylic acids is 1. The lowest BCUT2D eigenvalue weighted by Crippen LogP contribution is -2.13. The summed E-state index contributed by atoms with van der Waals surface area (Å²) in [5.74, 6) is -1.84. The second-order valence-corrected chi connectivity index (χ2v) is 6.15. The number of carbonyl (C=O) groups is 1. The van der Waals surface area contributed by atoms with E-state index in [0.29, 0.717) is 0 Å². The normalized spacial score (nSPS) is 11.1. The molecule has 0 aromatic heterocycles. The van der Waals surface area contributed by atoms with Crippen LogP contribution in [0.1, 0.15) is 10.4 Å². The Morgan fingerprint density at radius 1 is 1.14 bits per heavy atom. The Hall–Kier alpha value is -2.12. The molecule has 0 saturated carbocycles. The summed E-state index contributed by atoms with van der Waals surface area (Å²) in [5.41, 5.74) is -0.183. The summed E-state index contributed by atoms with van der Waals surface area (Å²) in [6.45, 7) is 0. The van der Waals surface area contributed by atoms with E-state index in [1.165, 1.54) is 12.1 Å². The van der Waals surface area contributed by atoms with Crippen molar-refractivity contribution in [2.24, 2.45) is 0 Å². The molecule has 0 bridgehead atoms. The average molecular weight is 330 g/mol. The van der Waals surface area contributed by atoms with Crippen LogP contribution in [0.15, 0.2) is 47.4 Å². The predicted octanol–water partition coefficient (Wildman–Crippen LogP) is 2.98. The van der Waals surface area contributed by atoms with E-state index in [2.05, 4.69) is 4.72 Å². The van der Waals surface area contributed by atoms with Crippen molar-refractivity contribution in [3.63, 3.8) is 0 Å². The summed E-state index contributed by atoms with van der Waals surface area (Å²) < 4.78 is 39.1. The van der Waals surface area contributed by atoms with E-state index in [1.54, 1.807) is 0 Å². The summed E-state index contributed by atoms with van der Waals surface area (Å²) in [4.78, 5) is 10.8. The number of benzene rings is 2. The number of nitrogens with one attached hydrogen (secondary N) is 1. The topological polar surface area (TPSA) is 83.5 Å². The zero-order chi connectivity index (χ0) is 15.6. The smallest absolute Gasteiger partial charge is 0.337 e. The van der Waals surface area contributed by atoms with Crippen molar-refractivity contribution in [1.82, 2.24) is 0 Å². The van der Waals surface area contributed by atoms with Gasteiger partial charge in [0.25, 0.3) is 10.0 Å². The van der Waals surface area contributed by atoms with Gasteiger partial charge >= 0.3 is 5.97 Å². The van der Waals surface area contributed by atoms with Crippen LogP contribution in [-0.2, 0) is 10.0 Å². The molecule has 2 N–H and O–H groups in total. The van der Waals surface area contributed by atoms with Gasteiger partial charge in [-0.15, -0.1) is 0 Å². The molecule has 110 valence electrons. The number of halogens is 2. The largest absolute Gasteiger partial charge is 0.478 e. The van der Waals surface area contributed by atoms with Gasteiger partial charge in [0.2, 0.25) is 0 Å². The SMILES string of the molecule is O=C(O)c1cc(NS(=O)(=O)c2ccc(F)cc2)ccc1Cl. The molecular weight excluding hydrogens is 321 g/mol. The maximum Gasteiger partial charge on any atom is 0.337 e. The first-order valence-corrected chi connectivity index (χ1v) is 7.47. The van der Waals surface area contributed by atoms with E-state index < -0.39 is 21.8 Å². The summed E-state index contributed by atoms with van der Waals surface area (Å²) in [5, 5.41) is 8.93. The van der Waals surface area contributed by atoms with Crippen molar-refractivity contribution in [2.45, 2.75) is 4.90 Å². The minimum atomic E-state index is -3.94. The summed E-state index contributed by atoms with van der Waals surface area (Å²) in [6.07, 6.45) is 0. The molecule has 2 rings (SSSR count). The maximum atomic E-state index is 12.8. The first-order chi connectivity index (χ1) is 9.79. The Bertz CT molecular complexity index is 790. The first kappa shape index (κ1) is 15.3. The maximum absolute atomic E-state index is 12.8. The van der Waals surface area contributed by atoms with E-state index >= 15 is 0 Å². The van der Waals surface area contributed by atoms with E-state index in [9.17, 15) is 17.6 Å². The van der Waals surface area contributed by atoms with Crippen LogP contribution in [0.3, 0.4) is 0 Å². The standard InChI is InChI=1S/C13H9ClFNO4S/c14-12-6-3-9(7-11(12)13(17)18)16-21(19,20)10-4-1-8(15)2-5-10/h1-7,16H,(H,17,18). The molecular formula is C13H9ClFNO4S. The minimum absolute atomic E-state index is 0.00719. The van der Waals surface area contributed by atoms with Gasteiger partial charge in [-0.2, -0.15) is 0 Å². The number of rotatable bonds is 4. The monoisotopic (exact) mass is 329 g/mol. The molecule has 0 aliphatic carbocycles. The molecule has 0 unspecified atom stereocenters. The Morgan fingerprint density at radius 3 is 2.33 bits per heavy atom. The molecule has 0 fully saturated rings. The van der Waals surface area contributed by atoms with Crippen molar-refractivity contribution in [2.75, 3.05) is 4.72 Å². The highest BCUT2D eigenvalue weighted by atomic mass is 35.5. The summed E-state index contributed by atoms with van der Waals surface area (Å²) in [6, 6.07) is 7.94. The molecule has 8 heteroatoms. The zero-order valence-corrected chi connectivity index (χ0v) is 12.0. The third-order valence-corrected chi connectivity index (χ3v) is 4.30. The van der Waals surface area contributed by atoms with Crippen LogP contribution in [-0.4, -0.2) is 19.5 Å². The van der Waals surface area contributed by atoms with Gasteiger partial charge in [-0.1, -0.05) is 11.6 Å². The zero-order valence-electron chi connectivity index (χ0n) is 10.4. The number of hydrogen-bond acceptors (Lipinski definition) is 3. The van der Waals surface area contributed by atoms with Gasteiger partial charge in [-0.25, -0.2) is 17.6 Å². The van der Waals surface area contributed by atoms with E-state index in [-0.39, 0.29) is 21.2 Å². The summed E-state index contributed by atoms with van der Waals surface area (Å²) >= 11 is 5.70. The molecule has 0 atom stereocenters. The Morgan fingerprint density at radius 2 is 1.76 bits per heavy atom. The minimum Gasteiger partial charge on any atom is -0.478 e. The van der Waals surface area contributed by atoms with Crippen LogP contribution >= 0.6 is 11.6 Å². The van der Waals surface area contributed by atoms with Gasteiger partial charge in [-0.05, 0) is 42.5 Å². The Labute approximate surface area is 125 Å². The van der Waals surface area contributed by atoms with Crippen LogP contribution in [0, 0.1) is 5.82 Å². The van der Waals surface area contributed by atoms with Crippen LogP contribution in [0.5, 0.6) is 0 Å². The van der Waals surface area contributed by atoms with Crippen molar-refractivity contribution in [1.29, 1.82) is 0 Å². The number of aromatic carboxylic acids is 1. The first-order valence-electron chi connectivity index (χ1n) is 5.61. The molecule has 0 saturated heterocycles. The van der Waals surface area contributed by atoms with Crippen molar-refractivity contribution in [3.05, 3.63) is 58.9 Å². The highest BCUT2D eigenvalue weighted by molar-refractivity contribution is 7.92. The van der Waals surface area contributed by atoms with Gasteiger partial charge < -0.3 is 5.11 Å².